The third kappa shape index (κ3) is 3.28. The standard InChI is InChI=1S/C19H27NO4/c1-19(2,22)10-13-11-20-6-5-12-7-17(23-3)18(24-4)8-14(12)15(20)9-16(13)21/h7-8,13,15,22H,5-6,9-11H2,1-4H3/t13-,15-/m0/s1/i1D3,3D3,10D2/t13-,15-,19?. The molecule has 5 nitrogen and oxygen atoms in total. The van der Waals surface area contributed by atoms with Gasteiger partial charge in [0.15, 0.2) is 11.5 Å². The molecule has 1 saturated heterocycles. The van der Waals surface area contributed by atoms with Gasteiger partial charge in [0.2, 0.25) is 0 Å². The lowest BCUT2D eigenvalue weighted by Crippen LogP contribution is -2.47. The smallest absolute Gasteiger partial charge is 0.161 e. The number of rotatable bonds is 4. The van der Waals surface area contributed by atoms with Gasteiger partial charge in [-0.25, -0.2) is 0 Å². The van der Waals surface area contributed by atoms with Crippen molar-refractivity contribution in [1.82, 2.24) is 4.90 Å². The Morgan fingerprint density at radius 1 is 1.46 bits per heavy atom. The zero-order valence-electron chi connectivity index (χ0n) is 21.8. The molecule has 2 aliphatic heterocycles. The van der Waals surface area contributed by atoms with E-state index in [9.17, 15) is 9.90 Å². The first-order valence-electron chi connectivity index (χ1n) is 11.9. The van der Waals surface area contributed by atoms with Gasteiger partial charge in [-0.1, -0.05) is 0 Å². The highest BCUT2D eigenvalue weighted by Crippen LogP contribution is 2.42. The van der Waals surface area contributed by atoms with Crippen molar-refractivity contribution >= 4 is 5.78 Å². The summed E-state index contributed by atoms with van der Waals surface area (Å²) in [5.41, 5.74) is -1.15. The van der Waals surface area contributed by atoms with Crippen LogP contribution in [0.25, 0.3) is 0 Å². The first-order chi connectivity index (χ1) is 14.5. The summed E-state index contributed by atoms with van der Waals surface area (Å²) in [6, 6.07) is 2.83. The molecule has 3 atom stereocenters. The Morgan fingerprint density at radius 2 is 2.25 bits per heavy atom. The average molecular weight is 341 g/mol. The molecule has 1 aromatic rings. The molecule has 0 saturated carbocycles. The summed E-state index contributed by atoms with van der Waals surface area (Å²) in [6.07, 6.45) is -2.25. The second-order valence-electron chi connectivity index (χ2n) is 6.50. The normalized spacial score (nSPS) is 32.9. The molecule has 0 amide bonds. The highest BCUT2D eigenvalue weighted by molar-refractivity contribution is 5.83. The Balaban J connectivity index is 1.93. The number of hydrogen-bond donors (Lipinski definition) is 1. The Labute approximate surface area is 154 Å². The molecule has 132 valence electrons. The number of ketones is 1. The molecule has 0 spiro atoms. The Hall–Kier alpha value is -1.59. The van der Waals surface area contributed by atoms with Gasteiger partial charge in [0.1, 0.15) is 5.78 Å². The first-order valence-corrected chi connectivity index (χ1v) is 7.88. The lowest BCUT2D eigenvalue weighted by atomic mass is 9.79. The van der Waals surface area contributed by atoms with Crippen LogP contribution in [0.4, 0.5) is 0 Å². The quantitative estimate of drug-likeness (QED) is 0.911. The number of carbonyl (C=O) groups is 1. The van der Waals surface area contributed by atoms with Gasteiger partial charge < -0.3 is 14.6 Å². The van der Waals surface area contributed by atoms with E-state index in [1.807, 2.05) is 4.90 Å². The van der Waals surface area contributed by atoms with Crippen molar-refractivity contribution in [2.24, 2.45) is 5.92 Å². The largest absolute Gasteiger partial charge is 0.493 e. The number of nitrogens with zero attached hydrogens (tertiary/aromatic N) is 1. The van der Waals surface area contributed by atoms with Gasteiger partial charge in [-0.05, 0) is 49.8 Å². The van der Waals surface area contributed by atoms with Gasteiger partial charge in [-0.3, -0.25) is 9.69 Å². The molecule has 0 radical (unpaired) electrons. The Morgan fingerprint density at radius 3 is 2.96 bits per heavy atom. The summed E-state index contributed by atoms with van der Waals surface area (Å²) in [5, 5.41) is 10.5. The van der Waals surface area contributed by atoms with Gasteiger partial charge in [-0.2, -0.15) is 0 Å². The molecular weight excluding hydrogens is 306 g/mol. The van der Waals surface area contributed by atoms with Crippen LogP contribution in [0.15, 0.2) is 12.1 Å². The van der Waals surface area contributed by atoms with E-state index in [1.54, 1.807) is 12.1 Å². The van der Waals surface area contributed by atoms with Gasteiger partial charge in [-0.15, -0.1) is 0 Å². The minimum atomic E-state index is -3.01. The van der Waals surface area contributed by atoms with Crippen LogP contribution in [-0.2, 0) is 11.2 Å². The van der Waals surface area contributed by atoms with Crippen molar-refractivity contribution in [3.8, 4) is 11.5 Å². The summed E-state index contributed by atoms with van der Waals surface area (Å²) in [4.78, 5) is 14.9. The summed E-state index contributed by atoms with van der Waals surface area (Å²) >= 11 is 0. The fourth-order valence-electron chi connectivity index (χ4n) is 3.59. The molecule has 1 unspecified atom stereocenters. The summed E-state index contributed by atoms with van der Waals surface area (Å²) in [5.74, 6) is -1.51. The van der Waals surface area contributed by atoms with Crippen LogP contribution in [0.5, 0.6) is 11.5 Å². The minimum absolute atomic E-state index is 0.0436. The summed E-state index contributed by atoms with van der Waals surface area (Å²) in [6.45, 7) is -1.69. The molecular formula is C19H27NO4. The molecule has 0 aromatic heterocycles. The van der Waals surface area contributed by atoms with Crippen LogP contribution in [0.3, 0.4) is 0 Å². The highest BCUT2D eigenvalue weighted by Gasteiger charge is 2.40. The van der Waals surface area contributed by atoms with Crippen molar-refractivity contribution in [3.63, 3.8) is 0 Å². The lowest BCUT2D eigenvalue weighted by Gasteiger charge is -2.44. The van der Waals surface area contributed by atoms with Gasteiger partial charge >= 0.3 is 0 Å². The number of carbonyl (C=O) groups excluding carboxylic acids is 1. The third-order valence-corrected chi connectivity index (χ3v) is 4.66. The zero-order chi connectivity index (χ0) is 24.3. The van der Waals surface area contributed by atoms with E-state index < -0.39 is 43.6 Å². The maximum Gasteiger partial charge on any atom is 0.161 e. The van der Waals surface area contributed by atoms with Crippen LogP contribution < -0.4 is 9.47 Å². The second kappa shape index (κ2) is 6.37. The number of benzene rings is 1. The first kappa shape index (κ1) is 9.78. The van der Waals surface area contributed by atoms with Crippen molar-refractivity contribution in [1.29, 1.82) is 0 Å². The molecule has 1 aromatic carbocycles. The predicted octanol–water partition coefficient (Wildman–Crippen LogP) is 2.35. The SMILES string of the molecule is [2H]C([2H])([2H])Oc1cc2c(cc1OC)[C@@H]1CC(=O)[C@@H](C([2H])([2H])C(C)(O)C([2H])([2H])[2H])CN1CC2. The predicted molar refractivity (Wildman–Crippen MR) is 91.6 cm³/mol. The van der Waals surface area contributed by atoms with Crippen LogP contribution in [0.1, 0.15) is 54.7 Å². The number of Topliss-reactive ketones (excluding diaryl/α,β-unsaturated/α-hetero) is 1. The number of aliphatic hydroxyl groups is 1. The van der Waals surface area contributed by atoms with E-state index in [0.29, 0.717) is 13.0 Å². The molecule has 1 N–H and O–H groups in total. The highest BCUT2D eigenvalue weighted by atomic mass is 16.5. The van der Waals surface area contributed by atoms with Crippen molar-refractivity contribution in [2.75, 3.05) is 27.2 Å². The number of methoxy groups -OCH3 is 2. The van der Waals surface area contributed by atoms with Crippen LogP contribution in [0, 0.1) is 5.92 Å². The Kier molecular flexibility index (Phi) is 2.60. The minimum Gasteiger partial charge on any atom is -0.493 e. The lowest BCUT2D eigenvalue weighted by molar-refractivity contribution is -0.131. The van der Waals surface area contributed by atoms with Crippen LogP contribution in [-0.4, -0.2) is 48.6 Å². The molecule has 2 aliphatic rings. The van der Waals surface area contributed by atoms with E-state index in [0.717, 1.165) is 18.1 Å². The topological polar surface area (TPSA) is 59.0 Å². The fourth-order valence-corrected chi connectivity index (χ4v) is 3.59. The maximum absolute atomic E-state index is 13.0. The molecule has 0 bridgehead atoms. The second-order valence-corrected chi connectivity index (χ2v) is 6.50. The third-order valence-electron chi connectivity index (χ3n) is 4.66. The zero-order valence-corrected chi connectivity index (χ0v) is 13.8. The summed E-state index contributed by atoms with van der Waals surface area (Å²) < 4.78 is 71.6. The molecule has 2 heterocycles. The van der Waals surface area contributed by atoms with E-state index >= 15 is 0 Å². The maximum atomic E-state index is 13.0. The number of fused-ring (bicyclic) bond motifs is 3. The van der Waals surface area contributed by atoms with E-state index in [1.165, 1.54) is 7.11 Å². The molecule has 3 rings (SSSR count). The molecule has 24 heavy (non-hydrogen) atoms. The van der Waals surface area contributed by atoms with E-state index in [4.69, 9.17) is 20.4 Å². The van der Waals surface area contributed by atoms with Gasteiger partial charge in [0, 0.05) is 38.3 Å². The van der Waals surface area contributed by atoms with Gasteiger partial charge in [0.25, 0.3) is 0 Å². The molecule has 5 heteroatoms. The average Bonchev–Trinajstić information content (AvgIpc) is 2.64. The number of hydrogen-bond acceptors (Lipinski definition) is 5. The van der Waals surface area contributed by atoms with Crippen molar-refractivity contribution < 1.29 is 30.3 Å². The molecule has 0 aliphatic carbocycles. The van der Waals surface area contributed by atoms with Crippen molar-refractivity contribution in [3.05, 3.63) is 23.3 Å². The molecule has 1 fully saturated rings. The van der Waals surface area contributed by atoms with Gasteiger partial charge in [0.05, 0.1) is 23.9 Å². The van der Waals surface area contributed by atoms with E-state index in [-0.39, 0.29) is 24.5 Å². The monoisotopic (exact) mass is 341 g/mol. The van der Waals surface area contributed by atoms with Crippen LogP contribution in [0.2, 0.25) is 0 Å². The number of piperidine rings is 1. The fraction of sp³-hybridized carbons (Fsp3) is 0.632. The number of ether oxygens (including phenoxy) is 2. The summed E-state index contributed by atoms with van der Waals surface area (Å²) in [7, 11) is -1.27. The Bertz CT molecular complexity index is 897. The van der Waals surface area contributed by atoms with Crippen molar-refractivity contribution in [2.45, 2.75) is 44.6 Å². The van der Waals surface area contributed by atoms with Crippen LogP contribution >= 0.6 is 0 Å². The van der Waals surface area contributed by atoms with E-state index in [2.05, 4.69) is 0 Å².